The standard InChI is InChI=1S/C20H20F2N2O3S/c21-13-5-6-14(15(22)11-13)17(25)12-23-19(26)7-8-20(27)24-9-10-28-18-4-2-1-3-16(18)24/h1-6,11,17,25H,7-10,12H2,(H,23,26). The number of nitrogens with zero attached hydrogens (tertiary/aromatic N) is 1. The quantitative estimate of drug-likeness (QED) is 0.774. The van der Waals surface area contributed by atoms with Crippen molar-refractivity contribution in [3.05, 3.63) is 59.7 Å². The Morgan fingerprint density at radius 3 is 2.75 bits per heavy atom. The van der Waals surface area contributed by atoms with E-state index in [1.165, 1.54) is 0 Å². The number of carbonyl (C=O) groups excluding carboxylic acids is 2. The number of hydrogen-bond donors (Lipinski definition) is 2. The second-order valence-corrected chi connectivity index (χ2v) is 7.48. The Morgan fingerprint density at radius 2 is 1.96 bits per heavy atom. The minimum absolute atomic E-state index is 0.0336. The van der Waals surface area contributed by atoms with Crippen molar-refractivity contribution in [3.8, 4) is 0 Å². The number of benzene rings is 2. The van der Waals surface area contributed by atoms with E-state index in [0.29, 0.717) is 12.6 Å². The van der Waals surface area contributed by atoms with E-state index in [-0.39, 0.29) is 30.9 Å². The van der Waals surface area contributed by atoms with E-state index in [9.17, 15) is 23.5 Å². The molecule has 0 fully saturated rings. The van der Waals surface area contributed by atoms with Crippen LogP contribution in [-0.2, 0) is 9.59 Å². The zero-order chi connectivity index (χ0) is 20.1. The molecule has 0 bridgehead atoms. The van der Waals surface area contributed by atoms with Crippen LogP contribution in [0.1, 0.15) is 24.5 Å². The van der Waals surface area contributed by atoms with E-state index in [4.69, 9.17) is 0 Å². The number of aliphatic hydroxyl groups excluding tert-OH is 1. The zero-order valence-corrected chi connectivity index (χ0v) is 15.8. The Hall–Kier alpha value is -2.45. The number of fused-ring (bicyclic) bond motifs is 1. The Labute approximate surface area is 165 Å². The number of aliphatic hydroxyl groups is 1. The Morgan fingerprint density at radius 1 is 1.18 bits per heavy atom. The number of halogens is 2. The summed E-state index contributed by atoms with van der Waals surface area (Å²) in [7, 11) is 0. The first-order chi connectivity index (χ1) is 13.5. The first kappa shape index (κ1) is 20.3. The molecule has 1 aliphatic heterocycles. The van der Waals surface area contributed by atoms with Crippen LogP contribution in [0, 0.1) is 11.6 Å². The van der Waals surface area contributed by atoms with Crippen molar-refractivity contribution in [1.29, 1.82) is 0 Å². The molecule has 148 valence electrons. The van der Waals surface area contributed by atoms with E-state index in [1.54, 1.807) is 16.7 Å². The van der Waals surface area contributed by atoms with Gasteiger partial charge in [-0.2, -0.15) is 0 Å². The number of hydrogen-bond acceptors (Lipinski definition) is 4. The van der Waals surface area contributed by atoms with Crippen LogP contribution in [-0.4, -0.2) is 35.8 Å². The Kier molecular flexibility index (Phi) is 6.64. The lowest BCUT2D eigenvalue weighted by Crippen LogP contribution is -2.36. The highest BCUT2D eigenvalue weighted by molar-refractivity contribution is 7.99. The second kappa shape index (κ2) is 9.16. The summed E-state index contributed by atoms with van der Waals surface area (Å²) in [4.78, 5) is 27.2. The molecule has 28 heavy (non-hydrogen) atoms. The predicted molar refractivity (Wildman–Crippen MR) is 103 cm³/mol. The molecule has 2 N–H and O–H groups in total. The van der Waals surface area contributed by atoms with Gasteiger partial charge in [-0.1, -0.05) is 18.2 Å². The van der Waals surface area contributed by atoms with Crippen LogP contribution in [0.3, 0.4) is 0 Å². The molecule has 1 heterocycles. The van der Waals surface area contributed by atoms with E-state index in [1.807, 2.05) is 24.3 Å². The van der Waals surface area contributed by atoms with Gasteiger partial charge in [0.2, 0.25) is 11.8 Å². The number of carbonyl (C=O) groups is 2. The second-order valence-electron chi connectivity index (χ2n) is 6.35. The lowest BCUT2D eigenvalue weighted by Gasteiger charge is -2.29. The van der Waals surface area contributed by atoms with Crippen LogP contribution in [0.5, 0.6) is 0 Å². The molecule has 1 aliphatic rings. The van der Waals surface area contributed by atoms with E-state index in [0.717, 1.165) is 28.5 Å². The molecule has 0 saturated carbocycles. The molecule has 0 aliphatic carbocycles. The van der Waals surface area contributed by atoms with E-state index < -0.39 is 23.6 Å². The van der Waals surface area contributed by atoms with Crippen molar-refractivity contribution >= 4 is 29.3 Å². The number of para-hydroxylation sites is 1. The lowest BCUT2D eigenvalue weighted by molar-refractivity contribution is -0.125. The molecule has 0 spiro atoms. The molecular weight excluding hydrogens is 386 g/mol. The number of amides is 2. The van der Waals surface area contributed by atoms with E-state index in [2.05, 4.69) is 5.32 Å². The normalized spacial score (nSPS) is 14.3. The number of nitrogens with one attached hydrogen (secondary N) is 1. The van der Waals surface area contributed by atoms with Gasteiger partial charge in [-0.15, -0.1) is 11.8 Å². The summed E-state index contributed by atoms with van der Waals surface area (Å²) in [6.45, 7) is 0.365. The highest BCUT2D eigenvalue weighted by atomic mass is 32.2. The average molecular weight is 406 g/mol. The largest absolute Gasteiger partial charge is 0.386 e. The van der Waals surface area contributed by atoms with Crippen molar-refractivity contribution < 1.29 is 23.5 Å². The molecule has 5 nitrogen and oxygen atoms in total. The third-order valence-electron chi connectivity index (χ3n) is 4.41. The summed E-state index contributed by atoms with van der Waals surface area (Å²) in [5.74, 6) is -1.39. The maximum Gasteiger partial charge on any atom is 0.227 e. The molecule has 2 aromatic rings. The summed E-state index contributed by atoms with van der Waals surface area (Å²) in [6, 6.07) is 10.5. The van der Waals surface area contributed by atoms with Gasteiger partial charge in [-0.3, -0.25) is 9.59 Å². The highest BCUT2D eigenvalue weighted by Crippen LogP contribution is 2.34. The van der Waals surface area contributed by atoms with Crippen LogP contribution in [0.2, 0.25) is 0 Å². The van der Waals surface area contributed by atoms with Crippen molar-refractivity contribution in [3.63, 3.8) is 0 Å². The van der Waals surface area contributed by atoms with Crippen LogP contribution in [0.4, 0.5) is 14.5 Å². The van der Waals surface area contributed by atoms with Crippen LogP contribution >= 0.6 is 11.8 Å². The van der Waals surface area contributed by atoms with Gasteiger partial charge in [0, 0.05) is 48.2 Å². The molecule has 0 radical (unpaired) electrons. The van der Waals surface area contributed by atoms with Gasteiger partial charge in [0.25, 0.3) is 0 Å². The first-order valence-electron chi connectivity index (χ1n) is 8.87. The van der Waals surface area contributed by atoms with Gasteiger partial charge in [-0.25, -0.2) is 8.78 Å². The third-order valence-corrected chi connectivity index (χ3v) is 5.45. The number of thioether (sulfide) groups is 1. The molecule has 2 aromatic carbocycles. The molecule has 0 aromatic heterocycles. The average Bonchev–Trinajstić information content (AvgIpc) is 2.69. The highest BCUT2D eigenvalue weighted by Gasteiger charge is 2.23. The van der Waals surface area contributed by atoms with Gasteiger partial charge in [0.1, 0.15) is 11.6 Å². The molecular formula is C20H20F2N2O3S. The maximum atomic E-state index is 13.6. The van der Waals surface area contributed by atoms with E-state index >= 15 is 0 Å². The first-order valence-corrected chi connectivity index (χ1v) is 9.86. The smallest absolute Gasteiger partial charge is 0.227 e. The molecule has 3 rings (SSSR count). The van der Waals surface area contributed by atoms with Gasteiger partial charge in [-0.05, 0) is 18.2 Å². The van der Waals surface area contributed by atoms with Gasteiger partial charge >= 0.3 is 0 Å². The Balaban J connectivity index is 1.49. The lowest BCUT2D eigenvalue weighted by atomic mass is 10.1. The molecule has 1 atom stereocenters. The number of rotatable bonds is 6. The van der Waals surface area contributed by atoms with Gasteiger partial charge in [0.15, 0.2) is 0 Å². The third kappa shape index (κ3) is 4.88. The SMILES string of the molecule is O=C(CCC(=O)N1CCSc2ccccc21)NCC(O)c1ccc(F)cc1F. The molecule has 1 unspecified atom stereocenters. The zero-order valence-electron chi connectivity index (χ0n) is 15.0. The fraction of sp³-hybridized carbons (Fsp3) is 0.300. The van der Waals surface area contributed by atoms with Crippen molar-refractivity contribution in [2.75, 3.05) is 23.7 Å². The van der Waals surface area contributed by atoms with Crippen LogP contribution in [0.15, 0.2) is 47.4 Å². The summed E-state index contributed by atoms with van der Waals surface area (Å²) >= 11 is 1.69. The van der Waals surface area contributed by atoms with Gasteiger partial charge in [0.05, 0.1) is 11.8 Å². The van der Waals surface area contributed by atoms with Crippen LogP contribution in [0.25, 0.3) is 0 Å². The minimum atomic E-state index is -1.30. The fourth-order valence-electron chi connectivity index (χ4n) is 2.96. The summed E-state index contributed by atoms with van der Waals surface area (Å²) in [5.41, 5.74) is 0.756. The number of anilines is 1. The topological polar surface area (TPSA) is 69.6 Å². The molecule has 0 saturated heterocycles. The summed E-state index contributed by atoms with van der Waals surface area (Å²) in [5, 5.41) is 12.5. The Bertz CT molecular complexity index is 878. The minimum Gasteiger partial charge on any atom is -0.386 e. The maximum absolute atomic E-state index is 13.6. The summed E-state index contributed by atoms with van der Waals surface area (Å²) in [6.07, 6.45) is -1.30. The monoisotopic (exact) mass is 406 g/mol. The van der Waals surface area contributed by atoms with Crippen molar-refractivity contribution in [1.82, 2.24) is 5.32 Å². The predicted octanol–water partition coefficient (Wildman–Crippen LogP) is 3.03. The fourth-order valence-corrected chi connectivity index (χ4v) is 3.96. The summed E-state index contributed by atoms with van der Waals surface area (Å²) < 4.78 is 26.6. The van der Waals surface area contributed by atoms with Crippen molar-refractivity contribution in [2.24, 2.45) is 0 Å². The van der Waals surface area contributed by atoms with Gasteiger partial charge < -0.3 is 15.3 Å². The molecule has 8 heteroatoms. The van der Waals surface area contributed by atoms with Crippen molar-refractivity contribution in [2.45, 2.75) is 23.8 Å². The van der Waals surface area contributed by atoms with Crippen LogP contribution < -0.4 is 10.2 Å². The molecule has 2 amide bonds.